The zero-order chi connectivity index (χ0) is 13.1. The van der Waals surface area contributed by atoms with E-state index >= 15 is 0 Å². The summed E-state index contributed by atoms with van der Waals surface area (Å²) in [5.41, 5.74) is 5.58. The Hall–Kier alpha value is -0.660. The molecule has 6 nitrogen and oxygen atoms in total. The molecule has 2 atom stereocenters. The number of sulfonamides is 1. The molecule has 0 aliphatic carbocycles. The van der Waals surface area contributed by atoms with Gasteiger partial charge in [0.1, 0.15) is 0 Å². The van der Waals surface area contributed by atoms with Gasteiger partial charge in [0.25, 0.3) is 0 Å². The normalized spacial score (nSPS) is 22.8. The minimum atomic E-state index is -3.27. The van der Waals surface area contributed by atoms with Crippen LogP contribution in [0.25, 0.3) is 0 Å². The van der Waals surface area contributed by atoms with Crippen molar-refractivity contribution in [2.75, 3.05) is 19.3 Å². The molecule has 1 heterocycles. The Bertz CT molecular complexity index is 367. The van der Waals surface area contributed by atoms with Crippen molar-refractivity contribution in [1.29, 1.82) is 0 Å². The van der Waals surface area contributed by atoms with Crippen LogP contribution in [0.1, 0.15) is 26.2 Å². The SMILES string of the molecule is CNS(=O)(=O)CC1CCCN1C(=O)CC(C)N. The standard InChI is InChI=1S/C10H21N3O3S/c1-8(11)6-10(14)13-5-3-4-9(13)7-17(15,16)12-2/h8-9,12H,3-7,11H2,1-2H3. The van der Waals surface area contributed by atoms with Crippen LogP contribution < -0.4 is 10.5 Å². The van der Waals surface area contributed by atoms with Crippen molar-refractivity contribution in [2.45, 2.75) is 38.3 Å². The van der Waals surface area contributed by atoms with E-state index in [2.05, 4.69) is 4.72 Å². The van der Waals surface area contributed by atoms with Gasteiger partial charge in [0.05, 0.1) is 5.75 Å². The van der Waals surface area contributed by atoms with Crippen LogP contribution in [-0.2, 0) is 14.8 Å². The van der Waals surface area contributed by atoms with E-state index in [0.29, 0.717) is 6.54 Å². The van der Waals surface area contributed by atoms with Gasteiger partial charge in [-0.25, -0.2) is 13.1 Å². The van der Waals surface area contributed by atoms with E-state index in [1.807, 2.05) is 0 Å². The first-order chi connectivity index (χ1) is 7.85. The third-order valence-corrected chi connectivity index (χ3v) is 4.36. The molecular formula is C10H21N3O3S. The Labute approximate surface area is 103 Å². The molecule has 1 aliphatic rings. The van der Waals surface area contributed by atoms with E-state index in [1.165, 1.54) is 7.05 Å². The fraction of sp³-hybridized carbons (Fsp3) is 0.900. The van der Waals surface area contributed by atoms with Crippen molar-refractivity contribution in [3.8, 4) is 0 Å². The van der Waals surface area contributed by atoms with Gasteiger partial charge in [-0.05, 0) is 26.8 Å². The number of nitrogens with zero attached hydrogens (tertiary/aromatic N) is 1. The van der Waals surface area contributed by atoms with Crippen LogP contribution >= 0.6 is 0 Å². The number of rotatable bonds is 5. The molecule has 0 radical (unpaired) electrons. The average molecular weight is 263 g/mol. The number of nitrogens with two attached hydrogens (primary N) is 1. The summed E-state index contributed by atoms with van der Waals surface area (Å²) in [5.74, 6) is -0.0671. The van der Waals surface area contributed by atoms with E-state index < -0.39 is 10.0 Å². The lowest BCUT2D eigenvalue weighted by molar-refractivity contribution is -0.131. The smallest absolute Gasteiger partial charge is 0.224 e. The molecule has 2 unspecified atom stereocenters. The maximum atomic E-state index is 11.9. The average Bonchev–Trinajstić information content (AvgIpc) is 2.64. The van der Waals surface area contributed by atoms with Crippen molar-refractivity contribution < 1.29 is 13.2 Å². The molecule has 0 bridgehead atoms. The highest BCUT2D eigenvalue weighted by atomic mass is 32.2. The monoisotopic (exact) mass is 263 g/mol. The second-order valence-electron chi connectivity index (χ2n) is 4.55. The summed E-state index contributed by atoms with van der Waals surface area (Å²) < 4.78 is 25.2. The molecule has 1 saturated heterocycles. The van der Waals surface area contributed by atoms with Crippen LogP contribution in [-0.4, -0.2) is 50.7 Å². The number of amides is 1. The highest BCUT2D eigenvalue weighted by Gasteiger charge is 2.31. The summed E-state index contributed by atoms with van der Waals surface area (Å²) >= 11 is 0. The summed E-state index contributed by atoms with van der Waals surface area (Å²) in [6, 6.07) is -0.400. The topological polar surface area (TPSA) is 92.5 Å². The largest absolute Gasteiger partial charge is 0.339 e. The summed E-state index contributed by atoms with van der Waals surface area (Å²) in [6.45, 7) is 2.41. The van der Waals surface area contributed by atoms with E-state index in [4.69, 9.17) is 5.73 Å². The van der Waals surface area contributed by atoms with Crippen molar-refractivity contribution in [3.63, 3.8) is 0 Å². The molecule has 0 aromatic carbocycles. The van der Waals surface area contributed by atoms with E-state index in [-0.39, 0.29) is 30.2 Å². The molecule has 1 amide bonds. The fourth-order valence-electron chi connectivity index (χ4n) is 2.07. The quantitative estimate of drug-likeness (QED) is 0.683. The van der Waals surface area contributed by atoms with Gasteiger partial charge in [0, 0.05) is 25.0 Å². The maximum Gasteiger partial charge on any atom is 0.224 e. The minimum Gasteiger partial charge on any atom is -0.339 e. The first-order valence-electron chi connectivity index (χ1n) is 5.82. The second-order valence-corrected chi connectivity index (χ2v) is 6.52. The fourth-order valence-corrected chi connectivity index (χ4v) is 3.09. The molecule has 1 rings (SSSR count). The molecule has 3 N–H and O–H groups in total. The molecule has 100 valence electrons. The first kappa shape index (κ1) is 14.4. The molecular weight excluding hydrogens is 242 g/mol. The number of nitrogens with one attached hydrogen (secondary N) is 1. The van der Waals surface area contributed by atoms with Crippen molar-refractivity contribution >= 4 is 15.9 Å². The van der Waals surface area contributed by atoms with E-state index in [0.717, 1.165) is 12.8 Å². The molecule has 17 heavy (non-hydrogen) atoms. The Morgan fingerprint density at radius 1 is 1.59 bits per heavy atom. The number of likely N-dealkylation sites (tertiary alicyclic amines) is 1. The first-order valence-corrected chi connectivity index (χ1v) is 7.47. The lowest BCUT2D eigenvalue weighted by atomic mass is 10.2. The predicted octanol–water partition coefficient (Wildman–Crippen LogP) is -0.736. The van der Waals surface area contributed by atoms with Crippen LogP contribution in [0.4, 0.5) is 0 Å². The van der Waals surface area contributed by atoms with Crippen molar-refractivity contribution in [1.82, 2.24) is 9.62 Å². The van der Waals surface area contributed by atoms with Gasteiger partial charge in [-0.3, -0.25) is 4.79 Å². The van der Waals surface area contributed by atoms with Gasteiger partial charge < -0.3 is 10.6 Å². The van der Waals surface area contributed by atoms with E-state index in [9.17, 15) is 13.2 Å². The Kier molecular flexibility index (Phi) is 4.91. The molecule has 0 spiro atoms. The van der Waals surface area contributed by atoms with Gasteiger partial charge in [-0.2, -0.15) is 0 Å². The molecule has 0 saturated carbocycles. The highest BCUT2D eigenvalue weighted by molar-refractivity contribution is 7.89. The van der Waals surface area contributed by atoms with Crippen LogP contribution in [0.15, 0.2) is 0 Å². The Morgan fingerprint density at radius 2 is 2.24 bits per heavy atom. The summed E-state index contributed by atoms with van der Waals surface area (Å²) in [4.78, 5) is 13.5. The summed E-state index contributed by atoms with van der Waals surface area (Å²) in [6.07, 6.45) is 1.87. The van der Waals surface area contributed by atoms with Crippen molar-refractivity contribution in [3.05, 3.63) is 0 Å². The highest BCUT2D eigenvalue weighted by Crippen LogP contribution is 2.19. The minimum absolute atomic E-state index is 0.0197. The third-order valence-electron chi connectivity index (χ3n) is 2.92. The summed E-state index contributed by atoms with van der Waals surface area (Å²) in [7, 11) is -1.89. The Morgan fingerprint density at radius 3 is 2.76 bits per heavy atom. The number of hydrogen-bond donors (Lipinski definition) is 2. The lowest BCUT2D eigenvalue weighted by Crippen LogP contribution is -2.43. The van der Waals surface area contributed by atoms with Gasteiger partial charge in [0.15, 0.2) is 0 Å². The van der Waals surface area contributed by atoms with Crippen LogP contribution in [0, 0.1) is 0 Å². The van der Waals surface area contributed by atoms with Gasteiger partial charge in [-0.1, -0.05) is 0 Å². The van der Waals surface area contributed by atoms with E-state index in [1.54, 1.807) is 11.8 Å². The molecule has 0 aromatic heterocycles. The number of carbonyl (C=O) groups is 1. The van der Waals surface area contributed by atoms with Crippen LogP contribution in [0.2, 0.25) is 0 Å². The van der Waals surface area contributed by atoms with Crippen molar-refractivity contribution in [2.24, 2.45) is 5.73 Å². The zero-order valence-electron chi connectivity index (χ0n) is 10.3. The number of carbonyl (C=O) groups excluding carboxylic acids is 1. The van der Waals surface area contributed by atoms with Gasteiger partial charge in [-0.15, -0.1) is 0 Å². The van der Waals surface area contributed by atoms with Crippen LogP contribution in [0.5, 0.6) is 0 Å². The molecule has 1 fully saturated rings. The maximum absolute atomic E-state index is 11.9. The lowest BCUT2D eigenvalue weighted by Gasteiger charge is -2.25. The Balaban J connectivity index is 2.64. The third kappa shape index (κ3) is 4.25. The number of hydrogen-bond acceptors (Lipinski definition) is 4. The second kappa shape index (κ2) is 5.79. The van der Waals surface area contributed by atoms with Gasteiger partial charge in [0.2, 0.25) is 15.9 Å². The van der Waals surface area contributed by atoms with Crippen LogP contribution in [0.3, 0.4) is 0 Å². The summed E-state index contributed by atoms with van der Waals surface area (Å²) in [5, 5.41) is 0. The predicted molar refractivity (Wildman–Crippen MR) is 65.8 cm³/mol. The van der Waals surface area contributed by atoms with Gasteiger partial charge >= 0.3 is 0 Å². The molecule has 0 aromatic rings. The zero-order valence-corrected chi connectivity index (χ0v) is 11.2. The molecule has 1 aliphatic heterocycles. The molecule has 7 heteroatoms.